The average Bonchev–Trinajstić information content (AvgIpc) is 2.81. The van der Waals surface area contributed by atoms with Gasteiger partial charge in [0.05, 0.1) is 15.6 Å². The number of aryl methyl sites for hydroxylation is 1. The maximum absolute atomic E-state index is 13.6. The summed E-state index contributed by atoms with van der Waals surface area (Å²) in [5.41, 5.74) is 6.79. The molecule has 0 aliphatic rings. The van der Waals surface area contributed by atoms with Gasteiger partial charge in [0, 0.05) is 29.6 Å². The number of nitrogens with one attached hydrogen (secondary N) is 1. The summed E-state index contributed by atoms with van der Waals surface area (Å²) in [6.07, 6.45) is 0.480. The number of nitrogens with two attached hydrogens (primary N) is 1. The topological polar surface area (TPSA) is 85.1 Å². The molecule has 0 aliphatic heterocycles. The lowest BCUT2D eigenvalue weighted by atomic mass is 10.2. The van der Waals surface area contributed by atoms with Crippen LogP contribution in [0.2, 0.25) is 0 Å². The molecule has 0 atom stereocenters. The number of hydrogen-bond donors (Lipinski definition) is 2. The summed E-state index contributed by atoms with van der Waals surface area (Å²) in [4.78, 5) is 4.08. The lowest BCUT2D eigenvalue weighted by Crippen LogP contribution is -2.26. The second kappa shape index (κ2) is 6.08. The van der Waals surface area contributed by atoms with Crippen molar-refractivity contribution in [1.29, 1.82) is 0 Å². The van der Waals surface area contributed by atoms with Crippen molar-refractivity contribution in [2.24, 2.45) is 0 Å². The molecule has 0 saturated carbocycles. The van der Waals surface area contributed by atoms with Crippen LogP contribution >= 0.6 is 11.3 Å². The molecule has 114 valence electrons. The Bertz CT molecular complexity index is 734. The monoisotopic (exact) mass is 329 g/mol. The molecule has 1 aromatic heterocycles. The van der Waals surface area contributed by atoms with E-state index >= 15 is 0 Å². The van der Waals surface area contributed by atoms with E-state index in [0.717, 1.165) is 16.8 Å². The number of aromatic nitrogens is 1. The molecule has 0 saturated heterocycles. The smallest absolute Gasteiger partial charge is 0.240 e. The van der Waals surface area contributed by atoms with Crippen molar-refractivity contribution in [3.63, 3.8) is 0 Å². The van der Waals surface area contributed by atoms with Crippen molar-refractivity contribution in [1.82, 2.24) is 9.71 Å². The molecule has 21 heavy (non-hydrogen) atoms. The largest absolute Gasteiger partial charge is 0.398 e. The first kappa shape index (κ1) is 15.9. The third kappa shape index (κ3) is 3.78. The standard InChI is InChI=1S/C13H16FN3O2S2/c1-8-12(14)5-11(6-13(8)15)21(18,19)16-4-3-10-7-20-9(2)17-10/h5-7,16H,3-4,15H2,1-2H3. The molecule has 5 nitrogen and oxygen atoms in total. The van der Waals surface area contributed by atoms with Crippen LogP contribution in [0.1, 0.15) is 16.3 Å². The minimum Gasteiger partial charge on any atom is -0.398 e. The predicted molar refractivity (Wildman–Crippen MR) is 81.3 cm³/mol. The van der Waals surface area contributed by atoms with Gasteiger partial charge in [-0.2, -0.15) is 0 Å². The second-order valence-electron chi connectivity index (χ2n) is 4.62. The van der Waals surface area contributed by atoms with Gasteiger partial charge in [-0.1, -0.05) is 0 Å². The van der Waals surface area contributed by atoms with E-state index in [2.05, 4.69) is 9.71 Å². The fraction of sp³-hybridized carbons (Fsp3) is 0.308. The van der Waals surface area contributed by atoms with Crippen molar-refractivity contribution < 1.29 is 12.8 Å². The molecule has 0 fully saturated rings. The maximum Gasteiger partial charge on any atom is 0.240 e. The summed E-state index contributed by atoms with van der Waals surface area (Å²) in [6.45, 7) is 3.58. The van der Waals surface area contributed by atoms with Crippen LogP contribution in [0.4, 0.5) is 10.1 Å². The highest BCUT2D eigenvalue weighted by molar-refractivity contribution is 7.89. The number of rotatable bonds is 5. The normalized spacial score (nSPS) is 11.8. The van der Waals surface area contributed by atoms with Crippen LogP contribution in [0.5, 0.6) is 0 Å². The van der Waals surface area contributed by atoms with Crippen molar-refractivity contribution in [3.05, 3.63) is 39.6 Å². The van der Waals surface area contributed by atoms with Gasteiger partial charge in [0.2, 0.25) is 10.0 Å². The fourth-order valence-electron chi connectivity index (χ4n) is 1.75. The van der Waals surface area contributed by atoms with Gasteiger partial charge in [-0.15, -0.1) is 11.3 Å². The van der Waals surface area contributed by atoms with Crippen LogP contribution in [0.15, 0.2) is 22.4 Å². The maximum atomic E-state index is 13.6. The third-order valence-corrected chi connectivity index (χ3v) is 5.27. The number of hydrogen-bond acceptors (Lipinski definition) is 5. The highest BCUT2D eigenvalue weighted by Gasteiger charge is 2.17. The second-order valence-corrected chi connectivity index (χ2v) is 7.45. The SMILES string of the molecule is Cc1nc(CCNS(=O)(=O)c2cc(N)c(C)c(F)c2)cs1. The summed E-state index contributed by atoms with van der Waals surface area (Å²) in [6, 6.07) is 2.23. The quantitative estimate of drug-likeness (QED) is 0.822. The number of sulfonamides is 1. The molecule has 1 aromatic carbocycles. The minimum absolute atomic E-state index is 0.116. The first-order valence-electron chi connectivity index (χ1n) is 6.26. The van der Waals surface area contributed by atoms with Gasteiger partial charge in [-0.05, 0) is 26.0 Å². The summed E-state index contributed by atoms with van der Waals surface area (Å²) >= 11 is 1.51. The zero-order valence-corrected chi connectivity index (χ0v) is 13.3. The van der Waals surface area contributed by atoms with Crippen molar-refractivity contribution in [2.75, 3.05) is 12.3 Å². The minimum atomic E-state index is -3.78. The Morgan fingerprint density at radius 1 is 1.38 bits per heavy atom. The Kier molecular flexibility index (Phi) is 4.60. The molecule has 0 unspecified atom stereocenters. The van der Waals surface area contributed by atoms with E-state index in [1.165, 1.54) is 24.3 Å². The van der Waals surface area contributed by atoms with E-state index < -0.39 is 15.8 Å². The Labute approximate surface area is 127 Å². The van der Waals surface area contributed by atoms with E-state index in [4.69, 9.17) is 5.73 Å². The van der Waals surface area contributed by atoms with Crippen LogP contribution < -0.4 is 10.5 Å². The predicted octanol–water partition coefficient (Wildman–Crippen LogP) is 2.00. The molecule has 1 heterocycles. The Morgan fingerprint density at radius 3 is 2.67 bits per heavy atom. The van der Waals surface area contributed by atoms with Gasteiger partial charge < -0.3 is 5.73 Å². The molecule has 3 N–H and O–H groups in total. The van der Waals surface area contributed by atoms with Crippen LogP contribution in [0.3, 0.4) is 0 Å². The van der Waals surface area contributed by atoms with Crippen molar-refractivity contribution >= 4 is 27.0 Å². The van der Waals surface area contributed by atoms with Gasteiger partial charge in [0.25, 0.3) is 0 Å². The highest BCUT2D eigenvalue weighted by Crippen LogP contribution is 2.20. The fourth-order valence-corrected chi connectivity index (χ4v) is 3.47. The molecule has 2 rings (SSSR count). The summed E-state index contributed by atoms with van der Waals surface area (Å²) in [7, 11) is -3.78. The zero-order valence-electron chi connectivity index (χ0n) is 11.7. The van der Waals surface area contributed by atoms with Gasteiger partial charge in [-0.3, -0.25) is 0 Å². The first-order valence-corrected chi connectivity index (χ1v) is 8.62. The molecule has 8 heteroatoms. The van der Waals surface area contributed by atoms with Crippen LogP contribution in [0, 0.1) is 19.7 Å². The van der Waals surface area contributed by atoms with E-state index in [1.54, 1.807) is 0 Å². The Balaban J connectivity index is 2.08. The lowest BCUT2D eigenvalue weighted by molar-refractivity contribution is 0.576. The lowest BCUT2D eigenvalue weighted by Gasteiger charge is -2.09. The number of halogens is 1. The van der Waals surface area contributed by atoms with Crippen LogP contribution in [0.25, 0.3) is 0 Å². The molecular weight excluding hydrogens is 313 g/mol. The number of nitrogens with zero attached hydrogens (tertiary/aromatic N) is 1. The first-order chi connectivity index (χ1) is 9.79. The molecular formula is C13H16FN3O2S2. The average molecular weight is 329 g/mol. The van der Waals surface area contributed by atoms with E-state index in [0.29, 0.717) is 6.42 Å². The molecule has 0 radical (unpaired) electrons. The number of benzene rings is 1. The van der Waals surface area contributed by atoms with E-state index in [1.807, 2.05) is 12.3 Å². The van der Waals surface area contributed by atoms with E-state index in [-0.39, 0.29) is 22.7 Å². The highest BCUT2D eigenvalue weighted by atomic mass is 32.2. The van der Waals surface area contributed by atoms with Gasteiger partial charge in [0.1, 0.15) is 5.82 Å². The number of nitrogen functional groups attached to an aromatic ring is 1. The Morgan fingerprint density at radius 2 is 2.10 bits per heavy atom. The summed E-state index contributed by atoms with van der Waals surface area (Å²) in [5, 5.41) is 2.81. The van der Waals surface area contributed by atoms with Gasteiger partial charge in [0.15, 0.2) is 0 Å². The molecule has 0 spiro atoms. The molecule has 0 bridgehead atoms. The molecule has 0 amide bonds. The van der Waals surface area contributed by atoms with E-state index in [9.17, 15) is 12.8 Å². The van der Waals surface area contributed by atoms with Crippen molar-refractivity contribution in [3.8, 4) is 0 Å². The van der Waals surface area contributed by atoms with Crippen molar-refractivity contribution in [2.45, 2.75) is 25.2 Å². The van der Waals surface area contributed by atoms with Crippen LogP contribution in [-0.2, 0) is 16.4 Å². The number of thiazole rings is 1. The zero-order chi connectivity index (χ0) is 15.6. The van der Waals surface area contributed by atoms with Gasteiger partial charge in [-0.25, -0.2) is 22.5 Å². The summed E-state index contributed by atoms with van der Waals surface area (Å²) in [5.74, 6) is -0.634. The van der Waals surface area contributed by atoms with Crippen LogP contribution in [-0.4, -0.2) is 19.9 Å². The number of anilines is 1. The summed E-state index contributed by atoms with van der Waals surface area (Å²) < 4.78 is 40.2. The molecule has 0 aliphatic carbocycles. The third-order valence-electron chi connectivity index (χ3n) is 3.01. The molecule has 2 aromatic rings. The van der Waals surface area contributed by atoms with Gasteiger partial charge >= 0.3 is 0 Å². The Hall–Kier alpha value is -1.51.